The maximum atomic E-state index is 10.4. The van der Waals surface area contributed by atoms with E-state index in [0.717, 1.165) is 5.75 Å². The molecule has 0 atom stereocenters. The van der Waals surface area contributed by atoms with E-state index in [1.807, 2.05) is 0 Å². The predicted octanol–water partition coefficient (Wildman–Crippen LogP) is 3.97. The highest BCUT2D eigenvalue weighted by Gasteiger charge is 2.30. The highest BCUT2D eigenvalue weighted by molar-refractivity contribution is 7.96. The van der Waals surface area contributed by atoms with E-state index in [1.54, 1.807) is 7.11 Å². The number of nitrogens with zero attached hydrogens (tertiary/aromatic N) is 3. The summed E-state index contributed by atoms with van der Waals surface area (Å²) < 4.78 is 5.16. The summed E-state index contributed by atoms with van der Waals surface area (Å²) in [6.07, 6.45) is 4.25. The quantitative estimate of drug-likeness (QED) is 0.417. The molecule has 12 heteroatoms. The number of nitro benzene ring substituents is 3. The summed E-state index contributed by atoms with van der Waals surface area (Å²) in [5.74, 6) is 2.55. The molecule has 0 unspecified atom stereocenters. The topological polar surface area (TPSA) is 159 Å². The third kappa shape index (κ3) is 5.80. The maximum absolute atomic E-state index is 10.4. The van der Waals surface area contributed by atoms with Crippen molar-refractivity contribution in [1.82, 2.24) is 0 Å². The molecular formula is C18H20N3O8S+. The van der Waals surface area contributed by atoms with Crippen molar-refractivity contribution in [2.75, 3.05) is 18.6 Å². The summed E-state index contributed by atoms with van der Waals surface area (Å²) in [6, 6.07) is 9.51. The first-order valence-electron chi connectivity index (χ1n) is 8.86. The third-order valence-electron chi connectivity index (χ3n) is 4.33. The van der Waals surface area contributed by atoms with Crippen LogP contribution in [0.5, 0.6) is 11.5 Å². The average Bonchev–Trinajstić information content (AvgIpc) is 2.74. The predicted molar refractivity (Wildman–Crippen MR) is 110 cm³/mol. The largest absolute Gasteiger partial charge is 0.497 e. The van der Waals surface area contributed by atoms with Gasteiger partial charge in [-0.25, -0.2) is 0 Å². The normalized spacial score (nSPS) is 13.6. The van der Waals surface area contributed by atoms with E-state index >= 15 is 0 Å². The molecule has 0 spiro atoms. The van der Waals surface area contributed by atoms with Crippen molar-refractivity contribution < 1.29 is 24.6 Å². The molecule has 0 radical (unpaired) electrons. The highest BCUT2D eigenvalue weighted by atomic mass is 32.2. The van der Waals surface area contributed by atoms with Gasteiger partial charge in [-0.2, -0.15) is 0 Å². The van der Waals surface area contributed by atoms with Crippen molar-refractivity contribution in [1.29, 1.82) is 0 Å². The fourth-order valence-electron chi connectivity index (χ4n) is 2.81. The first kappa shape index (κ1) is 22.9. The summed E-state index contributed by atoms with van der Waals surface area (Å²) in [5.41, 5.74) is -3.00. The Hall–Kier alpha value is -3.41. The van der Waals surface area contributed by atoms with Gasteiger partial charge in [0.1, 0.15) is 17.3 Å². The first-order valence-corrected chi connectivity index (χ1v) is 10.4. The average molecular weight is 438 g/mol. The minimum absolute atomic E-state index is 0.447. The van der Waals surface area contributed by atoms with Crippen molar-refractivity contribution in [2.24, 2.45) is 0 Å². The van der Waals surface area contributed by atoms with Crippen LogP contribution in [-0.2, 0) is 10.9 Å². The lowest BCUT2D eigenvalue weighted by Crippen LogP contribution is -2.17. The molecule has 2 aromatic carbocycles. The van der Waals surface area contributed by atoms with Gasteiger partial charge in [-0.1, -0.05) is 0 Å². The summed E-state index contributed by atoms with van der Waals surface area (Å²) >= 11 is 0. The molecule has 1 aliphatic heterocycles. The van der Waals surface area contributed by atoms with Crippen LogP contribution >= 0.6 is 0 Å². The minimum Gasteiger partial charge on any atom is -0.497 e. The molecule has 0 aliphatic carbocycles. The van der Waals surface area contributed by atoms with Crippen molar-refractivity contribution >= 4 is 28.0 Å². The minimum atomic E-state index is -1.21. The summed E-state index contributed by atoms with van der Waals surface area (Å²) in [6.45, 7) is 0. The van der Waals surface area contributed by atoms with Crippen LogP contribution in [0.25, 0.3) is 0 Å². The van der Waals surface area contributed by atoms with Gasteiger partial charge in [-0.15, -0.1) is 0 Å². The molecule has 1 saturated heterocycles. The van der Waals surface area contributed by atoms with Crippen molar-refractivity contribution in [3.63, 3.8) is 0 Å². The Morgan fingerprint density at radius 2 is 1.37 bits per heavy atom. The van der Waals surface area contributed by atoms with Gasteiger partial charge in [0.2, 0.25) is 0 Å². The van der Waals surface area contributed by atoms with Crippen LogP contribution in [0.15, 0.2) is 41.3 Å². The number of rotatable bonds is 5. The number of phenolic OH excluding ortho intramolecular Hbond substituents is 1. The molecule has 0 saturated carbocycles. The summed E-state index contributed by atoms with van der Waals surface area (Å²) in [7, 11) is 2.25. The zero-order chi connectivity index (χ0) is 22.3. The first-order chi connectivity index (χ1) is 14.2. The van der Waals surface area contributed by atoms with E-state index in [0.29, 0.717) is 23.0 Å². The van der Waals surface area contributed by atoms with E-state index in [1.165, 1.54) is 35.7 Å². The zero-order valence-electron chi connectivity index (χ0n) is 16.1. The van der Waals surface area contributed by atoms with E-state index in [-0.39, 0.29) is 0 Å². The van der Waals surface area contributed by atoms with Crippen molar-refractivity contribution in [3.05, 3.63) is 66.7 Å². The molecule has 0 amide bonds. The number of hydrogen-bond acceptors (Lipinski definition) is 8. The van der Waals surface area contributed by atoms with Crippen molar-refractivity contribution in [2.45, 2.75) is 24.2 Å². The number of ether oxygens (including phenoxy) is 1. The molecular weight excluding hydrogens is 418 g/mol. The molecule has 2 aromatic rings. The lowest BCUT2D eigenvalue weighted by atomic mass is 10.2. The van der Waals surface area contributed by atoms with Crippen LogP contribution < -0.4 is 4.74 Å². The number of phenols is 1. The second kappa shape index (κ2) is 10.4. The fraction of sp³-hybridized carbons (Fsp3) is 0.333. The van der Waals surface area contributed by atoms with E-state index in [2.05, 4.69) is 24.3 Å². The van der Waals surface area contributed by atoms with Crippen LogP contribution in [0, 0.1) is 30.3 Å². The summed E-state index contributed by atoms with van der Waals surface area (Å²) in [5, 5.41) is 40.2. The molecule has 11 nitrogen and oxygen atoms in total. The Morgan fingerprint density at radius 1 is 0.867 bits per heavy atom. The van der Waals surface area contributed by atoms with Gasteiger partial charge in [-0.05, 0) is 43.5 Å². The molecule has 1 heterocycles. The number of nitro groups is 3. The monoisotopic (exact) mass is 438 g/mol. The number of hydrogen-bond donors (Lipinski definition) is 1. The van der Waals surface area contributed by atoms with Crippen LogP contribution in [0.2, 0.25) is 0 Å². The van der Waals surface area contributed by atoms with Gasteiger partial charge < -0.3 is 9.84 Å². The van der Waals surface area contributed by atoms with Crippen LogP contribution in [0.3, 0.4) is 0 Å². The molecule has 0 bridgehead atoms. The number of benzene rings is 2. The van der Waals surface area contributed by atoms with Crippen LogP contribution in [0.4, 0.5) is 17.1 Å². The number of methoxy groups -OCH3 is 1. The molecule has 160 valence electrons. The van der Waals surface area contributed by atoms with Crippen LogP contribution in [-0.4, -0.2) is 38.5 Å². The van der Waals surface area contributed by atoms with Gasteiger partial charge >= 0.3 is 11.4 Å². The Bertz CT molecular complexity index is 895. The number of non-ortho nitro benzene ring substituents is 1. The summed E-state index contributed by atoms with van der Waals surface area (Å²) in [4.78, 5) is 29.3. The van der Waals surface area contributed by atoms with Gasteiger partial charge in [-0.3, -0.25) is 30.3 Å². The molecule has 1 aliphatic rings. The Morgan fingerprint density at radius 3 is 1.77 bits per heavy atom. The lowest BCUT2D eigenvalue weighted by Gasteiger charge is -2.13. The SMILES string of the molecule is COc1ccc([S+]2CCCCC2)cc1.O=[N+]([O-])c1cc([N+](=O)[O-])c(O)c([N+](=O)[O-])c1. The lowest BCUT2D eigenvalue weighted by molar-refractivity contribution is -0.404. The standard InChI is InChI=1S/C12H17OS.C6H3N3O7/c1-13-11-5-7-12(8-6-11)14-9-3-2-4-10-14;10-6-4(8(13)14)1-3(7(11)12)2-5(6)9(15)16/h5-8H,2-4,9-10H2,1H3;1-2,10H/q+1;. The molecule has 1 fully saturated rings. The Kier molecular flexibility index (Phi) is 7.92. The van der Waals surface area contributed by atoms with Gasteiger partial charge in [0.15, 0.2) is 4.90 Å². The molecule has 3 rings (SSSR count). The molecule has 0 aromatic heterocycles. The van der Waals surface area contributed by atoms with Gasteiger partial charge in [0, 0.05) is 10.9 Å². The molecule has 30 heavy (non-hydrogen) atoms. The maximum Gasteiger partial charge on any atom is 0.324 e. The van der Waals surface area contributed by atoms with Crippen LogP contribution in [0.1, 0.15) is 19.3 Å². The van der Waals surface area contributed by atoms with E-state index < -0.39 is 37.6 Å². The van der Waals surface area contributed by atoms with Gasteiger partial charge in [0.25, 0.3) is 11.4 Å². The fourth-order valence-corrected chi connectivity index (χ4v) is 5.11. The zero-order valence-corrected chi connectivity index (χ0v) is 16.9. The second-order valence-corrected chi connectivity index (χ2v) is 8.51. The Labute approximate surface area is 174 Å². The highest BCUT2D eigenvalue weighted by Crippen LogP contribution is 2.38. The molecule has 1 N–H and O–H groups in total. The van der Waals surface area contributed by atoms with Gasteiger partial charge in [0.05, 0.1) is 34.0 Å². The number of aromatic hydroxyl groups is 1. The smallest absolute Gasteiger partial charge is 0.324 e. The second-order valence-electron chi connectivity index (χ2n) is 6.24. The van der Waals surface area contributed by atoms with Crippen molar-refractivity contribution in [3.8, 4) is 11.5 Å². The van der Waals surface area contributed by atoms with E-state index in [4.69, 9.17) is 9.84 Å². The van der Waals surface area contributed by atoms with E-state index in [9.17, 15) is 30.3 Å². The Balaban J connectivity index is 0.000000215. The third-order valence-corrected chi connectivity index (χ3v) is 6.83.